The number of hydrogen-bond donors (Lipinski definition) is 1. The van der Waals surface area contributed by atoms with Crippen LogP contribution >= 0.6 is 11.8 Å². The molecule has 98 valence electrons. The maximum absolute atomic E-state index is 11.8. The van der Waals surface area contributed by atoms with E-state index in [1.807, 2.05) is 12.1 Å². The molecule has 0 spiro atoms. The number of carbonyl (C=O) groups excluding carboxylic acids is 1. The van der Waals surface area contributed by atoms with Gasteiger partial charge in [-0.1, -0.05) is 12.1 Å². The fourth-order valence-electron chi connectivity index (χ4n) is 2.06. The number of amides is 1. The Bertz CT molecular complexity index is 403. The Morgan fingerprint density at radius 1 is 1.56 bits per heavy atom. The number of rotatable bonds is 5. The summed E-state index contributed by atoms with van der Waals surface area (Å²) >= 11 is 1.71. The highest BCUT2D eigenvalue weighted by Crippen LogP contribution is 2.17. The molecule has 1 aliphatic heterocycles. The molecule has 0 aliphatic carbocycles. The molecule has 1 saturated heterocycles. The third-order valence-corrected chi connectivity index (χ3v) is 3.85. The van der Waals surface area contributed by atoms with Gasteiger partial charge in [0, 0.05) is 31.1 Å². The minimum Gasteiger partial charge on any atom is -0.381 e. The van der Waals surface area contributed by atoms with Gasteiger partial charge in [-0.3, -0.25) is 4.79 Å². The molecule has 1 amide bonds. The molecule has 0 bridgehead atoms. The highest BCUT2D eigenvalue weighted by molar-refractivity contribution is 7.98. The first kappa shape index (κ1) is 13.4. The molecule has 1 aromatic carbocycles. The number of hydrogen-bond acceptors (Lipinski definition) is 3. The zero-order valence-corrected chi connectivity index (χ0v) is 11.5. The fourth-order valence-corrected chi connectivity index (χ4v) is 2.55. The van der Waals surface area contributed by atoms with Crippen LogP contribution in [0.5, 0.6) is 0 Å². The van der Waals surface area contributed by atoms with Crippen LogP contribution < -0.4 is 5.32 Å². The van der Waals surface area contributed by atoms with Crippen molar-refractivity contribution in [2.45, 2.75) is 24.3 Å². The Balaban J connectivity index is 1.77. The van der Waals surface area contributed by atoms with Crippen LogP contribution in [-0.2, 0) is 16.1 Å². The first-order valence-electron chi connectivity index (χ1n) is 6.25. The molecular weight excluding hydrogens is 246 g/mol. The number of ether oxygens (including phenoxy) is 1. The van der Waals surface area contributed by atoms with Crippen LogP contribution in [0.1, 0.15) is 18.4 Å². The van der Waals surface area contributed by atoms with E-state index in [0.29, 0.717) is 18.9 Å². The largest absolute Gasteiger partial charge is 0.381 e. The Morgan fingerprint density at radius 2 is 2.44 bits per heavy atom. The van der Waals surface area contributed by atoms with Crippen molar-refractivity contribution in [3.05, 3.63) is 29.8 Å². The molecule has 1 atom stereocenters. The van der Waals surface area contributed by atoms with Gasteiger partial charge in [-0.15, -0.1) is 11.8 Å². The van der Waals surface area contributed by atoms with Crippen LogP contribution in [0, 0.1) is 5.92 Å². The molecule has 2 rings (SSSR count). The maximum Gasteiger partial charge on any atom is 0.220 e. The van der Waals surface area contributed by atoms with Crippen molar-refractivity contribution in [3.63, 3.8) is 0 Å². The first-order chi connectivity index (χ1) is 8.78. The monoisotopic (exact) mass is 265 g/mol. The second-order valence-electron chi connectivity index (χ2n) is 4.56. The summed E-state index contributed by atoms with van der Waals surface area (Å²) in [7, 11) is 0. The van der Waals surface area contributed by atoms with E-state index in [1.54, 1.807) is 11.8 Å². The summed E-state index contributed by atoms with van der Waals surface area (Å²) in [5.74, 6) is 0.530. The van der Waals surface area contributed by atoms with Gasteiger partial charge in [0.1, 0.15) is 0 Å². The van der Waals surface area contributed by atoms with Gasteiger partial charge >= 0.3 is 0 Å². The van der Waals surface area contributed by atoms with Crippen LogP contribution in [0.2, 0.25) is 0 Å². The molecule has 0 saturated carbocycles. The van der Waals surface area contributed by atoms with E-state index < -0.39 is 0 Å². The van der Waals surface area contributed by atoms with Gasteiger partial charge in [0.25, 0.3) is 0 Å². The van der Waals surface area contributed by atoms with E-state index in [9.17, 15) is 4.79 Å². The number of carbonyl (C=O) groups is 1. The molecule has 1 fully saturated rings. The van der Waals surface area contributed by atoms with Gasteiger partial charge in [0.15, 0.2) is 0 Å². The summed E-state index contributed by atoms with van der Waals surface area (Å²) in [6, 6.07) is 8.26. The lowest BCUT2D eigenvalue weighted by Gasteiger charge is -2.09. The van der Waals surface area contributed by atoms with Gasteiger partial charge in [-0.25, -0.2) is 0 Å². The van der Waals surface area contributed by atoms with Gasteiger partial charge in [-0.2, -0.15) is 0 Å². The van der Waals surface area contributed by atoms with Crippen LogP contribution in [0.25, 0.3) is 0 Å². The number of thioether (sulfide) groups is 1. The Kier molecular flexibility index (Phi) is 5.08. The number of nitrogens with one attached hydrogen (secondary N) is 1. The van der Waals surface area contributed by atoms with Crippen molar-refractivity contribution in [3.8, 4) is 0 Å². The van der Waals surface area contributed by atoms with E-state index in [1.165, 1.54) is 4.90 Å². The molecule has 4 heteroatoms. The predicted octanol–water partition coefficient (Wildman–Crippen LogP) is 2.45. The zero-order chi connectivity index (χ0) is 12.8. The molecule has 1 aliphatic rings. The van der Waals surface area contributed by atoms with E-state index in [4.69, 9.17) is 4.74 Å². The van der Waals surface area contributed by atoms with Crippen LogP contribution in [0.15, 0.2) is 29.2 Å². The van der Waals surface area contributed by atoms with Crippen molar-refractivity contribution in [2.24, 2.45) is 5.92 Å². The lowest BCUT2D eigenvalue weighted by atomic mass is 10.0. The maximum atomic E-state index is 11.8. The SMILES string of the molecule is CSc1cccc(CNC(=O)C[C@@H]2CCOC2)c1. The van der Waals surface area contributed by atoms with E-state index in [0.717, 1.165) is 25.2 Å². The van der Waals surface area contributed by atoms with Gasteiger partial charge in [-0.05, 0) is 36.3 Å². The summed E-state index contributed by atoms with van der Waals surface area (Å²) in [6.07, 6.45) is 3.65. The summed E-state index contributed by atoms with van der Waals surface area (Å²) in [4.78, 5) is 13.0. The third kappa shape index (κ3) is 4.03. The normalized spacial score (nSPS) is 18.8. The minimum atomic E-state index is 0.125. The van der Waals surface area contributed by atoms with Crippen LogP contribution in [0.3, 0.4) is 0 Å². The Morgan fingerprint density at radius 3 is 3.17 bits per heavy atom. The van der Waals surface area contributed by atoms with Crippen LogP contribution in [0.4, 0.5) is 0 Å². The summed E-state index contributed by atoms with van der Waals surface area (Å²) in [5.41, 5.74) is 1.15. The third-order valence-electron chi connectivity index (χ3n) is 3.12. The molecule has 18 heavy (non-hydrogen) atoms. The van der Waals surface area contributed by atoms with Crippen LogP contribution in [-0.4, -0.2) is 25.4 Å². The summed E-state index contributed by atoms with van der Waals surface area (Å²) in [6.45, 7) is 2.14. The topological polar surface area (TPSA) is 38.3 Å². The lowest BCUT2D eigenvalue weighted by Crippen LogP contribution is -2.25. The standard InChI is InChI=1S/C14H19NO2S/c1-18-13-4-2-3-11(7-13)9-15-14(16)8-12-5-6-17-10-12/h2-4,7,12H,5-6,8-10H2,1H3,(H,15,16)/t12-/m0/s1. The lowest BCUT2D eigenvalue weighted by molar-refractivity contribution is -0.122. The smallest absolute Gasteiger partial charge is 0.220 e. The molecule has 1 aromatic rings. The van der Waals surface area contributed by atoms with Crippen molar-refractivity contribution < 1.29 is 9.53 Å². The number of benzene rings is 1. The first-order valence-corrected chi connectivity index (χ1v) is 7.48. The van der Waals surface area contributed by atoms with Crippen molar-refractivity contribution in [1.29, 1.82) is 0 Å². The van der Waals surface area contributed by atoms with Crippen molar-refractivity contribution in [2.75, 3.05) is 19.5 Å². The highest BCUT2D eigenvalue weighted by Gasteiger charge is 2.18. The zero-order valence-electron chi connectivity index (χ0n) is 10.6. The predicted molar refractivity (Wildman–Crippen MR) is 73.6 cm³/mol. The molecular formula is C14H19NO2S. The highest BCUT2D eigenvalue weighted by atomic mass is 32.2. The quantitative estimate of drug-likeness (QED) is 0.831. The molecule has 0 unspecified atom stereocenters. The van der Waals surface area contributed by atoms with Crippen molar-refractivity contribution in [1.82, 2.24) is 5.32 Å². The van der Waals surface area contributed by atoms with Gasteiger partial charge in [0.05, 0.1) is 0 Å². The second-order valence-corrected chi connectivity index (χ2v) is 5.44. The second kappa shape index (κ2) is 6.81. The average molecular weight is 265 g/mol. The van der Waals surface area contributed by atoms with Gasteiger partial charge in [0.2, 0.25) is 5.91 Å². The molecule has 3 nitrogen and oxygen atoms in total. The fraction of sp³-hybridized carbons (Fsp3) is 0.500. The summed E-state index contributed by atoms with van der Waals surface area (Å²) < 4.78 is 5.27. The Labute approximate surface area is 112 Å². The average Bonchev–Trinajstić information content (AvgIpc) is 2.89. The van der Waals surface area contributed by atoms with Crippen molar-refractivity contribution >= 4 is 17.7 Å². The Hall–Kier alpha value is -1.00. The van der Waals surface area contributed by atoms with Gasteiger partial charge < -0.3 is 10.1 Å². The molecule has 1 N–H and O–H groups in total. The van der Waals surface area contributed by atoms with E-state index in [-0.39, 0.29) is 5.91 Å². The van der Waals surface area contributed by atoms with E-state index >= 15 is 0 Å². The van der Waals surface area contributed by atoms with E-state index in [2.05, 4.69) is 23.7 Å². The summed E-state index contributed by atoms with van der Waals surface area (Å²) in [5, 5.41) is 2.97. The molecule has 1 heterocycles. The minimum absolute atomic E-state index is 0.125. The molecule has 0 aromatic heterocycles. The molecule has 0 radical (unpaired) electrons.